The van der Waals surface area contributed by atoms with Crippen molar-refractivity contribution in [3.8, 4) is 11.5 Å². The molecule has 3 amide bonds. The summed E-state index contributed by atoms with van der Waals surface area (Å²) in [4.78, 5) is 38.8. The summed E-state index contributed by atoms with van der Waals surface area (Å²) >= 11 is 0. The third-order valence-electron chi connectivity index (χ3n) is 5.84. The van der Waals surface area contributed by atoms with E-state index in [9.17, 15) is 14.4 Å². The minimum atomic E-state index is -0.307. The molecule has 1 aliphatic heterocycles. The van der Waals surface area contributed by atoms with Crippen molar-refractivity contribution in [1.82, 2.24) is 5.32 Å². The quantitative estimate of drug-likeness (QED) is 0.473. The number of hydrogen-bond donors (Lipinski definition) is 2. The van der Waals surface area contributed by atoms with Crippen molar-refractivity contribution in [3.05, 3.63) is 83.9 Å². The fourth-order valence-electron chi connectivity index (χ4n) is 3.95. The van der Waals surface area contributed by atoms with Gasteiger partial charge in [-0.25, -0.2) is 0 Å². The van der Waals surface area contributed by atoms with E-state index in [1.54, 1.807) is 55.6 Å². The summed E-state index contributed by atoms with van der Waals surface area (Å²) in [6.07, 6.45) is 2.51. The molecule has 2 N–H and O–H groups in total. The van der Waals surface area contributed by atoms with Crippen LogP contribution in [0.4, 0.5) is 11.4 Å². The number of rotatable bonds is 9. The van der Waals surface area contributed by atoms with Gasteiger partial charge in [-0.05, 0) is 66.9 Å². The summed E-state index contributed by atoms with van der Waals surface area (Å²) in [6, 6.07) is 21.3. The first-order valence-corrected chi connectivity index (χ1v) is 11.9. The first kappa shape index (κ1) is 24.8. The van der Waals surface area contributed by atoms with Crippen LogP contribution in [0.25, 0.3) is 0 Å². The van der Waals surface area contributed by atoms with E-state index in [2.05, 4.69) is 10.6 Å². The Bertz CT molecular complexity index is 1230. The van der Waals surface area contributed by atoms with Crippen molar-refractivity contribution >= 4 is 29.1 Å². The average Bonchev–Trinajstić information content (AvgIpc) is 2.91. The summed E-state index contributed by atoms with van der Waals surface area (Å²) in [5.41, 5.74) is 2.87. The number of amides is 3. The zero-order chi connectivity index (χ0) is 25.3. The third kappa shape index (κ3) is 6.63. The second kappa shape index (κ2) is 11.9. The van der Waals surface area contributed by atoms with Crippen LogP contribution in [0.3, 0.4) is 0 Å². The highest BCUT2D eigenvalue weighted by molar-refractivity contribution is 5.95. The van der Waals surface area contributed by atoms with Gasteiger partial charge in [-0.1, -0.05) is 18.2 Å². The SMILES string of the molecule is COc1cccc(NC(=O)COc2ccc(C(=O)NCc3cccc(N4CCCCC4=O)c3)cc2)c1. The Morgan fingerprint density at radius 3 is 2.53 bits per heavy atom. The highest BCUT2D eigenvalue weighted by Crippen LogP contribution is 2.22. The predicted octanol–water partition coefficient (Wildman–Crippen LogP) is 4.16. The molecule has 186 valence electrons. The summed E-state index contributed by atoms with van der Waals surface area (Å²) in [7, 11) is 1.56. The molecular weight excluding hydrogens is 458 g/mol. The number of piperidine rings is 1. The van der Waals surface area contributed by atoms with Gasteiger partial charge >= 0.3 is 0 Å². The van der Waals surface area contributed by atoms with Crippen LogP contribution in [-0.2, 0) is 16.1 Å². The van der Waals surface area contributed by atoms with Gasteiger partial charge in [0.25, 0.3) is 11.8 Å². The molecule has 0 spiro atoms. The van der Waals surface area contributed by atoms with Crippen LogP contribution >= 0.6 is 0 Å². The number of carbonyl (C=O) groups is 3. The molecule has 4 rings (SSSR count). The molecule has 1 saturated heterocycles. The summed E-state index contributed by atoms with van der Waals surface area (Å²) in [5, 5.41) is 5.65. The van der Waals surface area contributed by atoms with Gasteiger partial charge < -0.3 is 25.0 Å². The van der Waals surface area contributed by atoms with Crippen molar-refractivity contribution in [3.63, 3.8) is 0 Å². The van der Waals surface area contributed by atoms with Crippen molar-refractivity contribution < 1.29 is 23.9 Å². The zero-order valence-electron chi connectivity index (χ0n) is 20.2. The fourth-order valence-corrected chi connectivity index (χ4v) is 3.95. The molecule has 0 bridgehead atoms. The molecule has 0 aromatic heterocycles. The summed E-state index contributed by atoms with van der Waals surface area (Å²) in [5.74, 6) is 0.733. The first-order chi connectivity index (χ1) is 17.5. The monoisotopic (exact) mass is 487 g/mol. The number of nitrogens with zero attached hydrogens (tertiary/aromatic N) is 1. The summed E-state index contributed by atoms with van der Waals surface area (Å²) < 4.78 is 10.7. The number of carbonyl (C=O) groups excluding carboxylic acids is 3. The predicted molar refractivity (Wildman–Crippen MR) is 137 cm³/mol. The van der Waals surface area contributed by atoms with Crippen LogP contribution in [-0.4, -0.2) is 38.0 Å². The van der Waals surface area contributed by atoms with Gasteiger partial charge in [0.2, 0.25) is 5.91 Å². The average molecular weight is 488 g/mol. The molecule has 8 nitrogen and oxygen atoms in total. The highest BCUT2D eigenvalue weighted by atomic mass is 16.5. The normalized spacial score (nSPS) is 13.1. The van der Waals surface area contributed by atoms with Crippen molar-refractivity contribution in [1.29, 1.82) is 0 Å². The first-order valence-electron chi connectivity index (χ1n) is 11.9. The minimum Gasteiger partial charge on any atom is -0.497 e. The van der Waals surface area contributed by atoms with E-state index in [4.69, 9.17) is 9.47 Å². The number of benzene rings is 3. The second-order valence-corrected chi connectivity index (χ2v) is 8.45. The molecule has 0 saturated carbocycles. The van der Waals surface area contributed by atoms with Crippen LogP contribution in [0.2, 0.25) is 0 Å². The van der Waals surface area contributed by atoms with Crippen LogP contribution in [0.5, 0.6) is 11.5 Å². The third-order valence-corrected chi connectivity index (χ3v) is 5.84. The lowest BCUT2D eigenvalue weighted by Gasteiger charge is -2.27. The molecule has 0 radical (unpaired) electrons. The minimum absolute atomic E-state index is 0.141. The Kier molecular flexibility index (Phi) is 8.18. The van der Waals surface area contributed by atoms with Crippen molar-refractivity contribution in [2.75, 3.05) is 30.5 Å². The number of ether oxygens (including phenoxy) is 2. The maximum Gasteiger partial charge on any atom is 0.262 e. The second-order valence-electron chi connectivity index (χ2n) is 8.45. The molecule has 1 fully saturated rings. The fraction of sp³-hybridized carbons (Fsp3) is 0.250. The number of nitrogens with one attached hydrogen (secondary N) is 2. The van der Waals surface area contributed by atoms with Crippen molar-refractivity contribution in [2.45, 2.75) is 25.8 Å². The summed E-state index contributed by atoms with van der Waals surface area (Å²) in [6.45, 7) is 0.905. The maximum atomic E-state index is 12.6. The van der Waals surface area contributed by atoms with Gasteiger partial charge in [-0.2, -0.15) is 0 Å². The van der Waals surface area contributed by atoms with Crippen LogP contribution < -0.4 is 25.0 Å². The molecule has 0 atom stereocenters. The maximum absolute atomic E-state index is 12.6. The lowest BCUT2D eigenvalue weighted by Crippen LogP contribution is -2.35. The van der Waals surface area contributed by atoms with E-state index >= 15 is 0 Å². The molecular formula is C28H29N3O5. The van der Waals surface area contributed by atoms with Crippen LogP contribution in [0, 0.1) is 0 Å². The van der Waals surface area contributed by atoms with Crippen LogP contribution in [0.1, 0.15) is 35.2 Å². The van der Waals surface area contributed by atoms with Gasteiger partial charge in [0, 0.05) is 42.5 Å². The molecule has 1 aliphatic rings. The Hall–Kier alpha value is -4.33. The van der Waals surface area contributed by atoms with E-state index in [1.165, 1.54) is 0 Å². The van der Waals surface area contributed by atoms with Crippen molar-refractivity contribution in [2.24, 2.45) is 0 Å². The van der Waals surface area contributed by atoms with E-state index in [0.29, 0.717) is 35.7 Å². The van der Waals surface area contributed by atoms with Gasteiger partial charge in [0.15, 0.2) is 6.61 Å². The standard InChI is InChI=1S/C28H29N3O5/c1-35-25-9-5-7-22(17-25)30-26(32)19-36-24-13-11-21(12-14-24)28(34)29-18-20-6-4-8-23(16-20)31-15-3-2-10-27(31)33/h4-9,11-14,16-17H,2-3,10,15,18-19H2,1H3,(H,29,34)(H,30,32). The Morgan fingerprint density at radius 1 is 0.944 bits per heavy atom. The van der Waals surface area contributed by atoms with Gasteiger partial charge in [-0.3, -0.25) is 14.4 Å². The molecule has 3 aromatic rings. The topological polar surface area (TPSA) is 97.0 Å². The zero-order valence-corrected chi connectivity index (χ0v) is 20.2. The molecule has 8 heteroatoms. The van der Waals surface area contributed by atoms with E-state index in [0.717, 1.165) is 30.6 Å². The number of hydrogen-bond acceptors (Lipinski definition) is 5. The Labute approximate surface area is 210 Å². The smallest absolute Gasteiger partial charge is 0.262 e. The molecule has 0 aliphatic carbocycles. The lowest BCUT2D eigenvalue weighted by molar-refractivity contribution is -0.119. The number of anilines is 2. The molecule has 3 aromatic carbocycles. The Balaban J connectivity index is 1.26. The van der Waals surface area contributed by atoms with Gasteiger partial charge in [0.1, 0.15) is 11.5 Å². The Morgan fingerprint density at radius 2 is 1.75 bits per heavy atom. The molecule has 36 heavy (non-hydrogen) atoms. The largest absolute Gasteiger partial charge is 0.497 e. The number of methoxy groups -OCH3 is 1. The highest BCUT2D eigenvalue weighted by Gasteiger charge is 2.19. The van der Waals surface area contributed by atoms with E-state index < -0.39 is 0 Å². The lowest BCUT2D eigenvalue weighted by atomic mass is 10.1. The van der Waals surface area contributed by atoms with E-state index in [1.807, 2.05) is 29.2 Å². The van der Waals surface area contributed by atoms with Gasteiger partial charge in [-0.15, -0.1) is 0 Å². The van der Waals surface area contributed by atoms with Crippen LogP contribution in [0.15, 0.2) is 72.8 Å². The van der Waals surface area contributed by atoms with Gasteiger partial charge in [0.05, 0.1) is 7.11 Å². The molecule has 1 heterocycles. The van der Waals surface area contributed by atoms with E-state index in [-0.39, 0.29) is 24.3 Å². The molecule has 0 unspecified atom stereocenters.